The summed E-state index contributed by atoms with van der Waals surface area (Å²) in [5.74, 6) is 2.82. The molecule has 0 aromatic heterocycles. The van der Waals surface area contributed by atoms with Crippen LogP contribution in [-0.2, 0) is 14.3 Å². The van der Waals surface area contributed by atoms with Crippen molar-refractivity contribution in [2.75, 3.05) is 13.2 Å². The number of carbonyl (C=O) groups excluding carboxylic acids is 1. The highest BCUT2D eigenvalue weighted by atomic mass is 16.7. The SMILES string of the molecule is CC1(C)C(=O)CCC2(C)C1=CCC1C2CCC2(C)C1CC[C@@H]2C1(C)OCCO1. The van der Waals surface area contributed by atoms with Crippen molar-refractivity contribution >= 4 is 5.78 Å². The Balaban J connectivity index is 1.49. The summed E-state index contributed by atoms with van der Waals surface area (Å²) in [7, 11) is 0. The third-order valence-electron chi connectivity index (χ3n) is 10.2. The molecule has 0 amide bonds. The Kier molecular flexibility index (Phi) is 4.09. The molecule has 5 unspecified atom stereocenters. The van der Waals surface area contributed by atoms with Gasteiger partial charge in [0, 0.05) is 17.8 Å². The zero-order valence-electron chi connectivity index (χ0n) is 18.5. The minimum atomic E-state index is -0.380. The molecule has 0 aromatic carbocycles. The fraction of sp³-hybridized carbons (Fsp3) is 0.880. The molecule has 5 aliphatic rings. The Labute approximate surface area is 170 Å². The lowest BCUT2D eigenvalue weighted by molar-refractivity contribution is -0.214. The second-order valence-corrected chi connectivity index (χ2v) is 11.6. The summed E-state index contributed by atoms with van der Waals surface area (Å²) in [5.41, 5.74) is 1.73. The highest BCUT2D eigenvalue weighted by Gasteiger charge is 2.64. The molecule has 3 heteroatoms. The third-order valence-corrected chi connectivity index (χ3v) is 10.2. The molecule has 0 spiro atoms. The van der Waals surface area contributed by atoms with Gasteiger partial charge in [-0.25, -0.2) is 0 Å². The molecule has 1 aliphatic heterocycles. The first kappa shape index (κ1) is 19.3. The van der Waals surface area contributed by atoms with Gasteiger partial charge in [-0.15, -0.1) is 0 Å². The maximum Gasteiger partial charge on any atom is 0.169 e. The predicted molar refractivity (Wildman–Crippen MR) is 110 cm³/mol. The molecule has 1 heterocycles. The topological polar surface area (TPSA) is 35.5 Å². The summed E-state index contributed by atoms with van der Waals surface area (Å²) in [4.78, 5) is 12.7. The Morgan fingerprint density at radius 2 is 1.64 bits per heavy atom. The number of Topliss-reactive ketones (excluding diaryl/α,β-unsaturated/α-hetero) is 1. The van der Waals surface area contributed by atoms with E-state index in [0.29, 0.717) is 17.1 Å². The molecule has 0 radical (unpaired) electrons. The van der Waals surface area contributed by atoms with Crippen molar-refractivity contribution in [1.29, 1.82) is 0 Å². The second-order valence-electron chi connectivity index (χ2n) is 11.6. The first-order chi connectivity index (χ1) is 13.1. The smallest absolute Gasteiger partial charge is 0.169 e. The fourth-order valence-electron chi connectivity index (χ4n) is 8.81. The molecule has 3 saturated carbocycles. The van der Waals surface area contributed by atoms with Gasteiger partial charge >= 0.3 is 0 Å². The van der Waals surface area contributed by atoms with Crippen molar-refractivity contribution in [3.63, 3.8) is 0 Å². The van der Waals surface area contributed by atoms with E-state index in [4.69, 9.17) is 9.47 Å². The van der Waals surface area contributed by atoms with Gasteiger partial charge < -0.3 is 9.47 Å². The van der Waals surface area contributed by atoms with Crippen LogP contribution in [0.2, 0.25) is 0 Å². The first-order valence-corrected chi connectivity index (χ1v) is 11.7. The van der Waals surface area contributed by atoms with E-state index in [2.05, 4.69) is 40.7 Å². The quantitative estimate of drug-likeness (QED) is 0.556. The second kappa shape index (κ2) is 5.94. The summed E-state index contributed by atoms with van der Waals surface area (Å²) >= 11 is 0. The van der Waals surface area contributed by atoms with Crippen LogP contribution in [0.3, 0.4) is 0 Å². The van der Waals surface area contributed by atoms with Crippen LogP contribution in [0.4, 0.5) is 0 Å². The van der Waals surface area contributed by atoms with Gasteiger partial charge in [0.25, 0.3) is 0 Å². The average molecular weight is 387 g/mol. The highest BCUT2D eigenvalue weighted by molar-refractivity contribution is 5.89. The van der Waals surface area contributed by atoms with E-state index in [1.54, 1.807) is 0 Å². The van der Waals surface area contributed by atoms with Crippen molar-refractivity contribution in [2.24, 2.45) is 39.9 Å². The first-order valence-electron chi connectivity index (χ1n) is 11.7. The van der Waals surface area contributed by atoms with Crippen molar-refractivity contribution in [2.45, 2.75) is 85.4 Å². The van der Waals surface area contributed by atoms with Gasteiger partial charge in [0.1, 0.15) is 5.78 Å². The number of carbonyl (C=O) groups is 1. The van der Waals surface area contributed by atoms with E-state index in [1.807, 2.05) is 0 Å². The summed E-state index contributed by atoms with van der Waals surface area (Å²) in [6.07, 6.45) is 10.6. The van der Waals surface area contributed by atoms with E-state index in [-0.39, 0.29) is 16.6 Å². The van der Waals surface area contributed by atoms with E-state index in [1.165, 1.54) is 31.3 Å². The van der Waals surface area contributed by atoms with Gasteiger partial charge in [0.2, 0.25) is 0 Å². The number of allylic oxidation sites excluding steroid dienone is 2. The maximum absolute atomic E-state index is 12.7. The lowest BCUT2D eigenvalue weighted by Crippen LogP contribution is -2.55. The molecule has 0 aromatic rings. The molecule has 3 nitrogen and oxygen atoms in total. The molecule has 28 heavy (non-hydrogen) atoms. The Hall–Kier alpha value is -0.670. The number of fused-ring (bicyclic) bond motifs is 5. The zero-order valence-corrected chi connectivity index (χ0v) is 18.5. The van der Waals surface area contributed by atoms with Gasteiger partial charge in [0.05, 0.1) is 13.2 Å². The minimum Gasteiger partial charge on any atom is -0.348 e. The monoisotopic (exact) mass is 386 g/mol. The molecule has 4 fully saturated rings. The van der Waals surface area contributed by atoms with Crippen LogP contribution in [0, 0.1) is 39.9 Å². The van der Waals surface area contributed by atoms with E-state index < -0.39 is 0 Å². The number of ketones is 1. The number of hydrogen-bond donors (Lipinski definition) is 0. The predicted octanol–water partition coefficient (Wildman–Crippen LogP) is 5.53. The van der Waals surface area contributed by atoms with Gasteiger partial charge in [-0.1, -0.05) is 25.5 Å². The Bertz CT molecular complexity index is 715. The maximum atomic E-state index is 12.7. The third kappa shape index (κ3) is 2.32. The van der Waals surface area contributed by atoms with Gasteiger partial charge in [-0.05, 0) is 87.9 Å². The van der Waals surface area contributed by atoms with Gasteiger partial charge in [0.15, 0.2) is 5.79 Å². The number of rotatable bonds is 1. The summed E-state index contributed by atoms with van der Waals surface area (Å²) in [5, 5.41) is 0. The largest absolute Gasteiger partial charge is 0.348 e. The van der Waals surface area contributed by atoms with E-state index >= 15 is 0 Å². The Morgan fingerprint density at radius 3 is 2.36 bits per heavy atom. The molecule has 4 aliphatic carbocycles. The Morgan fingerprint density at radius 1 is 0.929 bits per heavy atom. The van der Waals surface area contributed by atoms with Gasteiger partial charge in [-0.2, -0.15) is 0 Å². The van der Waals surface area contributed by atoms with Crippen LogP contribution >= 0.6 is 0 Å². The molecule has 6 atom stereocenters. The summed E-state index contributed by atoms with van der Waals surface area (Å²) in [6, 6.07) is 0. The number of ether oxygens (including phenoxy) is 2. The van der Waals surface area contributed by atoms with Crippen molar-refractivity contribution in [3.05, 3.63) is 11.6 Å². The van der Waals surface area contributed by atoms with E-state index in [0.717, 1.165) is 50.2 Å². The molecular weight excluding hydrogens is 348 g/mol. The van der Waals surface area contributed by atoms with Crippen LogP contribution in [0.1, 0.15) is 79.6 Å². The molecule has 5 rings (SSSR count). The number of hydrogen-bond acceptors (Lipinski definition) is 3. The normalized spacial score (nSPS) is 49.2. The van der Waals surface area contributed by atoms with Crippen LogP contribution in [0.5, 0.6) is 0 Å². The summed E-state index contributed by atoms with van der Waals surface area (Å²) < 4.78 is 12.3. The lowest BCUT2D eigenvalue weighted by atomic mass is 9.44. The molecule has 1 saturated heterocycles. The van der Waals surface area contributed by atoms with Crippen molar-refractivity contribution in [3.8, 4) is 0 Å². The van der Waals surface area contributed by atoms with Crippen molar-refractivity contribution in [1.82, 2.24) is 0 Å². The molecule has 156 valence electrons. The molecule has 0 N–H and O–H groups in total. The van der Waals surface area contributed by atoms with Crippen LogP contribution in [0.25, 0.3) is 0 Å². The molecular formula is C25H38O3. The molecule has 0 bridgehead atoms. The lowest BCUT2D eigenvalue weighted by Gasteiger charge is -2.60. The fourth-order valence-corrected chi connectivity index (χ4v) is 8.81. The zero-order chi connectivity index (χ0) is 19.9. The van der Waals surface area contributed by atoms with Crippen LogP contribution in [0.15, 0.2) is 11.6 Å². The van der Waals surface area contributed by atoms with E-state index in [9.17, 15) is 4.79 Å². The van der Waals surface area contributed by atoms with Crippen LogP contribution in [-0.4, -0.2) is 24.8 Å². The van der Waals surface area contributed by atoms with Crippen LogP contribution < -0.4 is 0 Å². The highest BCUT2D eigenvalue weighted by Crippen LogP contribution is 2.69. The van der Waals surface area contributed by atoms with Crippen molar-refractivity contribution < 1.29 is 14.3 Å². The van der Waals surface area contributed by atoms with Gasteiger partial charge in [-0.3, -0.25) is 4.79 Å². The minimum absolute atomic E-state index is 0.212. The standard InChI is InChI=1S/C25H38O3/c1-22(2)19-8-6-16-17-7-9-20(25(5)27-14-15-28-25)24(17,4)12-10-18(16)23(19,3)13-11-21(22)26/h8,16-18,20H,6-7,9-15H2,1-5H3/t16?,17?,18?,20-,23?,24?/m0/s1. The average Bonchev–Trinajstić information content (AvgIpc) is 3.22. The summed E-state index contributed by atoms with van der Waals surface area (Å²) in [6.45, 7) is 13.1.